The molecule has 0 saturated carbocycles. The highest BCUT2D eigenvalue weighted by molar-refractivity contribution is 6.11. The zero-order chi connectivity index (χ0) is 21.8. The summed E-state index contributed by atoms with van der Waals surface area (Å²) in [5.74, 6) is 0.360. The predicted molar refractivity (Wildman–Crippen MR) is 116 cm³/mol. The molecule has 0 saturated heterocycles. The first kappa shape index (κ1) is 21.8. The number of aryl methyl sites for hydroxylation is 1. The van der Waals surface area contributed by atoms with Crippen LogP contribution in [0.25, 0.3) is 11.0 Å². The molecule has 160 valence electrons. The lowest BCUT2D eigenvalue weighted by atomic mass is 9.91. The fraction of sp³-hybridized carbons (Fsp3) is 0.364. The largest absolute Gasteiger partial charge is 0.394 e. The number of carbonyl (C=O) groups excluding carboxylic acids is 1. The molecule has 8 heteroatoms. The molecule has 2 heterocycles. The van der Waals surface area contributed by atoms with E-state index in [9.17, 15) is 9.90 Å². The highest BCUT2D eigenvalue weighted by Gasteiger charge is 2.24. The summed E-state index contributed by atoms with van der Waals surface area (Å²) in [4.78, 5) is 22.4. The molecule has 2 aromatic heterocycles. The van der Waals surface area contributed by atoms with Crippen molar-refractivity contribution in [1.82, 2.24) is 15.0 Å². The lowest BCUT2D eigenvalue weighted by Crippen LogP contribution is -2.30. The summed E-state index contributed by atoms with van der Waals surface area (Å²) < 4.78 is 1.83. The van der Waals surface area contributed by atoms with Crippen molar-refractivity contribution in [2.75, 3.05) is 18.5 Å². The summed E-state index contributed by atoms with van der Waals surface area (Å²) in [6, 6.07) is 3.59. The maximum absolute atomic E-state index is 12.9. The zero-order valence-electron chi connectivity index (χ0n) is 17.6. The van der Waals surface area contributed by atoms with E-state index in [1.54, 1.807) is 12.3 Å². The molecule has 3 rings (SSSR count). The van der Waals surface area contributed by atoms with Crippen LogP contribution >= 0.6 is 0 Å². The minimum atomic E-state index is -1.07. The summed E-state index contributed by atoms with van der Waals surface area (Å²) in [7, 11) is 1.84. The van der Waals surface area contributed by atoms with Crippen molar-refractivity contribution in [3.63, 3.8) is 0 Å². The van der Waals surface area contributed by atoms with Crippen LogP contribution in [0.1, 0.15) is 31.1 Å². The van der Waals surface area contributed by atoms with E-state index in [1.807, 2.05) is 31.5 Å². The molecule has 0 spiro atoms. The summed E-state index contributed by atoms with van der Waals surface area (Å²) in [5, 5.41) is 22.4. The van der Waals surface area contributed by atoms with Gasteiger partial charge in [0.25, 0.3) is 5.91 Å². The van der Waals surface area contributed by atoms with Gasteiger partial charge < -0.3 is 20.1 Å². The second-order valence-electron chi connectivity index (χ2n) is 7.35. The third-order valence-corrected chi connectivity index (χ3v) is 5.16. The third-order valence-electron chi connectivity index (χ3n) is 5.16. The summed E-state index contributed by atoms with van der Waals surface area (Å²) >= 11 is 0. The number of hydrogen-bond donors (Lipinski definition) is 4. The lowest BCUT2D eigenvalue weighted by molar-refractivity contribution is -0.0294. The first-order valence-corrected chi connectivity index (χ1v) is 9.85. The fourth-order valence-corrected chi connectivity index (χ4v) is 3.49. The van der Waals surface area contributed by atoms with Gasteiger partial charge in [0.1, 0.15) is 24.2 Å². The van der Waals surface area contributed by atoms with Gasteiger partial charge >= 0.3 is 0 Å². The molecule has 1 aliphatic rings. The van der Waals surface area contributed by atoms with Crippen LogP contribution in [0, 0.1) is 5.92 Å². The van der Waals surface area contributed by atoms with Gasteiger partial charge in [0.05, 0.1) is 12.2 Å². The van der Waals surface area contributed by atoms with Gasteiger partial charge in [-0.1, -0.05) is 25.2 Å². The molecule has 0 bridgehead atoms. The quantitative estimate of drug-likeness (QED) is 0.520. The molecular formula is C22H28N4O4. The van der Waals surface area contributed by atoms with Crippen LogP contribution in [-0.4, -0.2) is 45.0 Å². The van der Waals surface area contributed by atoms with Crippen molar-refractivity contribution >= 4 is 22.8 Å². The van der Waals surface area contributed by atoms with Gasteiger partial charge in [-0.25, -0.2) is 10.5 Å². The number of fused-ring (bicyclic) bond motifs is 1. The number of nitrogens with one attached hydrogen (secondary N) is 2. The summed E-state index contributed by atoms with van der Waals surface area (Å²) in [6.07, 6.45) is 6.96. The minimum Gasteiger partial charge on any atom is -0.394 e. The standard InChI is InChI=1S/C22H28N4O4/c1-5-15-9-14(3)18(10-13(15)2)24-21-19(22(29)25-30-12-16(28)11-27)17-7-6-8-23-20(17)26(21)4/h5-10,13,16,24,27-28H,11-12H2,1-4H3,(H,25,29)/b15-5-/t13?,16-/m0/s1. The fourth-order valence-electron chi connectivity index (χ4n) is 3.49. The van der Waals surface area contributed by atoms with E-state index in [-0.39, 0.29) is 12.5 Å². The monoisotopic (exact) mass is 412 g/mol. The highest BCUT2D eigenvalue weighted by atomic mass is 16.7. The molecule has 1 unspecified atom stereocenters. The van der Waals surface area contributed by atoms with E-state index in [1.165, 1.54) is 5.57 Å². The molecule has 30 heavy (non-hydrogen) atoms. The van der Waals surface area contributed by atoms with Crippen LogP contribution in [0.15, 0.2) is 53.4 Å². The number of anilines is 1. The van der Waals surface area contributed by atoms with Crippen molar-refractivity contribution in [3.05, 3.63) is 59.0 Å². The average Bonchev–Trinajstić information content (AvgIpc) is 3.02. The van der Waals surface area contributed by atoms with Gasteiger partial charge in [-0.15, -0.1) is 0 Å². The van der Waals surface area contributed by atoms with E-state index in [0.717, 1.165) is 11.3 Å². The molecule has 1 aliphatic carbocycles. The average molecular weight is 412 g/mol. The number of rotatable bonds is 7. The zero-order valence-corrected chi connectivity index (χ0v) is 17.6. The Morgan fingerprint density at radius 1 is 1.47 bits per heavy atom. The van der Waals surface area contributed by atoms with Gasteiger partial charge in [-0.2, -0.15) is 0 Å². The Hall–Kier alpha value is -2.94. The number of carbonyl (C=O) groups is 1. The Bertz CT molecular complexity index is 1040. The lowest BCUT2D eigenvalue weighted by Gasteiger charge is -2.22. The number of aromatic nitrogens is 2. The van der Waals surface area contributed by atoms with Crippen LogP contribution in [-0.2, 0) is 11.9 Å². The smallest absolute Gasteiger partial charge is 0.279 e. The van der Waals surface area contributed by atoms with E-state index >= 15 is 0 Å². The first-order chi connectivity index (χ1) is 14.4. The Morgan fingerprint density at radius 3 is 2.93 bits per heavy atom. The van der Waals surface area contributed by atoms with Crippen molar-refractivity contribution in [2.24, 2.45) is 13.0 Å². The van der Waals surface area contributed by atoms with Crippen LogP contribution in [0.2, 0.25) is 0 Å². The highest BCUT2D eigenvalue weighted by Crippen LogP contribution is 2.33. The maximum atomic E-state index is 12.9. The van der Waals surface area contributed by atoms with Crippen molar-refractivity contribution in [3.8, 4) is 0 Å². The minimum absolute atomic E-state index is 0.218. The molecule has 2 aromatic rings. The van der Waals surface area contributed by atoms with Gasteiger partial charge in [0, 0.05) is 30.2 Å². The van der Waals surface area contributed by atoms with Crippen LogP contribution < -0.4 is 10.8 Å². The molecule has 1 amide bonds. The number of hydrogen-bond acceptors (Lipinski definition) is 6. The summed E-state index contributed by atoms with van der Waals surface area (Å²) in [6.45, 7) is 5.50. The maximum Gasteiger partial charge on any atom is 0.279 e. The Labute approximate surface area is 175 Å². The Kier molecular flexibility index (Phi) is 6.71. The number of amides is 1. The normalized spacial score (nSPS) is 18.9. The number of aliphatic hydroxyl groups is 2. The van der Waals surface area contributed by atoms with E-state index in [2.05, 4.69) is 40.9 Å². The Morgan fingerprint density at radius 2 is 2.23 bits per heavy atom. The van der Waals surface area contributed by atoms with Crippen molar-refractivity contribution < 1.29 is 19.8 Å². The number of nitrogens with zero attached hydrogens (tertiary/aromatic N) is 2. The van der Waals surface area contributed by atoms with Crippen molar-refractivity contribution in [1.29, 1.82) is 0 Å². The van der Waals surface area contributed by atoms with Gasteiger partial charge in [0.2, 0.25) is 0 Å². The molecule has 2 atom stereocenters. The van der Waals surface area contributed by atoms with E-state index in [4.69, 9.17) is 9.94 Å². The number of pyridine rings is 1. The SMILES string of the molecule is C/C=C1/C=C(C)C(Nc2c(C(=O)NOC[C@@H](O)CO)c3cccnc3n2C)=CC1C. The predicted octanol–water partition coefficient (Wildman–Crippen LogP) is 2.43. The van der Waals surface area contributed by atoms with Crippen LogP contribution in [0.5, 0.6) is 0 Å². The molecular weight excluding hydrogens is 384 g/mol. The first-order valence-electron chi connectivity index (χ1n) is 9.85. The third kappa shape index (κ3) is 4.30. The molecule has 0 fully saturated rings. The van der Waals surface area contributed by atoms with Crippen molar-refractivity contribution in [2.45, 2.75) is 26.9 Å². The molecule has 8 nitrogen and oxygen atoms in total. The second kappa shape index (κ2) is 9.25. The molecule has 4 N–H and O–H groups in total. The van der Waals surface area contributed by atoms with Crippen LogP contribution in [0.4, 0.5) is 5.82 Å². The van der Waals surface area contributed by atoms with Crippen LogP contribution in [0.3, 0.4) is 0 Å². The number of aliphatic hydroxyl groups excluding tert-OH is 2. The summed E-state index contributed by atoms with van der Waals surface area (Å²) in [5.41, 5.74) is 6.61. The second-order valence-corrected chi connectivity index (χ2v) is 7.35. The molecule has 0 aliphatic heterocycles. The number of hydroxylamine groups is 1. The number of allylic oxidation sites excluding steroid dienone is 5. The Balaban J connectivity index is 1.96. The van der Waals surface area contributed by atoms with Gasteiger partial charge in [-0.05, 0) is 37.1 Å². The topological polar surface area (TPSA) is 109 Å². The molecule has 0 radical (unpaired) electrons. The van der Waals surface area contributed by atoms with E-state index in [0.29, 0.717) is 22.4 Å². The van der Waals surface area contributed by atoms with Gasteiger partial charge in [0.15, 0.2) is 0 Å². The van der Waals surface area contributed by atoms with Gasteiger partial charge in [-0.3, -0.25) is 9.63 Å². The van der Waals surface area contributed by atoms with E-state index < -0.39 is 18.6 Å². The molecule has 0 aromatic carbocycles.